The second-order valence-electron chi connectivity index (χ2n) is 4.42. The number of nitrogens with zero attached hydrogens (tertiary/aromatic N) is 3. The van der Waals surface area contributed by atoms with Crippen molar-refractivity contribution in [3.8, 4) is 0 Å². The Kier molecular flexibility index (Phi) is 2.94. The monoisotopic (exact) mass is 267 g/mol. The molecule has 0 atom stereocenters. The fourth-order valence-electron chi connectivity index (χ4n) is 2.30. The molecule has 0 radical (unpaired) electrons. The molecule has 5 heteroatoms. The summed E-state index contributed by atoms with van der Waals surface area (Å²) in [7, 11) is 2.07. The smallest absolute Gasteiger partial charge is 0.0949 e. The lowest BCUT2D eigenvalue weighted by Crippen LogP contribution is -2.30. The van der Waals surface area contributed by atoms with E-state index in [1.54, 1.807) is 11.3 Å². The van der Waals surface area contributed by atoms with Crippen LogP contribution in [-0.4, -0.2) is 21.0 Å². The van der Waals surface area contributed by atoms with E-state index in [1.165, 1.54) is 16.3 Å². The van der Waals surface area contributed by atoms with Crippen LogP contribution in [0, 0.1) is 0 Å². The predicted octanol–water partition coefficient (Wildman–Crippen LogP) is 2.69. The predicted molar refractivity (Wildman–Crippen MR) is 70.4 cm³/mol. The van der Waals surface area contributed by atoms with Crippen LogP contribution in [0.3, 0.4) is 0 Å². The summed E-state index contributed by atoms with van der Waals surface area (Å²) >= 11 is 7.61. The van der Waals surface area contributed by atoms with Crippen LogP contribution < -0.4 is 0 Å². The van der Waals surface area contributed by atoms with Crippen molar-refractivity contribution in [1.29, 1.82) is 0 Å². The van der Waals surface area contributed by atoms with Crippen LogP contribution in [0.2, 0.25) is 4.34 Å². The summed E-state index contributed by atoms with van der Waals surface area (Å²) < 4.78 is 3.00. The zero-order valence-corrected chi connectivity index (χ0v) is 11.3. The number of hydrogen-bond acceptors (Lipinski definition) is 3. The molecule has 1 aliphatic rings. The zero-order chi connectivity index (χ0) is 11.8. The van der Waals surface area contributed by atoms with Crippen molar-refractivity contribution in [2.75, 3.05) is 6.54 Å². The third-order valence-electron chi connectivity index (χ3n) is 3.19. The molecule has 0 fully saturated rings. The molecule has 3 rings (SSSR count). The standard InChI is InChI=1S/C12H14ClN3S/c1-15-8-14-10-7-16(5-4-11(10)15)6-9-2-3-12(13)17-9/h2-3,8H,4-7H2,1H3. The van der Waals surface area contributed by atoms with Gasteiger partial charge in [0.25, 0.3) is 0 Å². The van der Waals surface area contributed by atoms with Gasteiger partial charge in [-0.1, -0.05) is 11.6 Å². The molecule has 2 aromatic heterocycles. The lowest BCUT2D eigenvalue weighted by molar-refractivity contribution is 0.242. The summed E-state index contributed by atoms with van der Waals surface area (Å²) in [5.41, 5.74) is 2.60. The van der Waals surface area contributed by atoms with Gasteiger partial charge in [-0.3, -0.25) is 4.90 Å². The minimum absolute atomic E-state index is 0.871. The average molecular weight is 268 g/mol. The third-order valence-corrected chi connectivity index (χ3v) is 4.41. The molecule has 0 amide bonds. The van der Waals surface area contributed by atoms with Gasteiger partial charge in [0.2, 0.25) is 0 Å². The number of aryl methyl sites for hydroxylation is 1. The maximum Gasteiger partial charge on any atom is 0.0949 e. The maximum absolute atomic E-state index is 5.95. The summed E-state index contributed by atoms with van der Waals surface area (Å²) in [4.78, 5) is 8.21. The molecule has 1 aliphatic heterocycles. The van der Waals surface area contributed by atoms with Gasteiger partial charge in [-0.25, -0.2) is 4.98 Å². The van der Waals surface area contributed by atoms with Gasteiger partial charge in [0.05, 0.1) is 16.4 Å². The van der Waals surface area contributed by atoms with Crippen molar-refractivity contribution < 1.29 is 0 Å². The Labute approximate surface area is 110 Å². The van der Waals surface area contributed by atoms with Gasteiger partial charge in [-0.15, -0.1) is 11.3 Å². The van der Waals surface area contributed by atoms with Gasteiger partial charge >= 0.3 is 0 Å². The fourth-order valence-corrected chi connectivity index (χ4v) is 3.43. The van der Waals surface area contributed by atoms with E-state index in [1.807, 2.05) is 12.4 Å². The van der Waals surface area contributed by atoms with E-state index in [-0.39, 0.29) is 0 Å². The second-order valence-corrected chi connectivity index (χ2v) is 6.21. The van der Waals surface area contributed by atoms with E-state index >= 15 is 0 Å². The lowest BCUT2D eigenvalue weighted by atomic mass is 10.1. The molecule has 0 saturated heterocycles. The minimum Gasteiger partial charge on any atom is -0.337 e. The number of rotatable bonds is 2. The van der Waals surface area contributed by atoms with Gasteiger partial charge in [-0.05, 0) is 12.1 Å². The Balaban J connectivity index is 1.72. The summed E-state index contributed by atoms with van der Waals surface area (Å²) in [5, 5.41) is 0. The van der Waals surface area contributed by atoms with Crippen LogP contribution in [0.1, 0.15) is 16.3 Å². The second kappa shape index (κ2) is 4.44. The van der Waals surface area contributed by atoms with Gasteiger partial charge in [-0.2, -0.15) is 0 Å². The Morgan fingerprint density at radius 3 is 3.12 bits per heavy atom. The minimum atomic E-state index is 0.871. The molecule has 0 spiro atoms. The van der Waals surface area contributed by atoms with Gasteiger partial charge in [0.1, 0.15) is 0 Å². The van der Waals surface area contributed by atoms with E-state index in [4.69, 9.17) is 11.6 Å². The number of thiophene rings is 1. The van der Waals surface area contributed by atoms with E-state index in [2.05, 4.69) is 27.6 Å². The van der Waals surface area contributed by atoms with Crippen molar-refractivity contribution in [1.82, 2.24) is 14.5 Å². The quantitative estimate of drug-likeness (QED) is 0.834. The first kappa shape index (κ1) is 11.3. The van der Waals surface area contributed by atoms with Crippen LogP contribution in [0.4, 0.5) is 0 Å². The molecule has 3 heterocycles. The van der Waals surface area contributed by atoms with Crippen LogP contribution in [-0.2, 0) is 26.6 Å². The molecule has 0 aliphatic carbocycles. The highest BCUT2D eigenvalue weighted by Gasteiger charge is 2.20. The first-order chi connectivity index (χ1) is 8.22. The maximum atomic E-state index is 5.95. The van der Waals surface area contributed by atoms with E-state index in [9.17, 15) is 0 Å². The van der Waals surface area contributed by atoms with Crippen molar-refractivity contribution in [3.05, 3.63) is 39.1 Å². The Morgan fingerprint density at radius 2 is 2.35 bits per heavy atom. The summed E-state index contributed by atoms with van der Waals surface area (Å²) in [6.45, 7) is 3.03. The molecule has 0 saturated carbocycles. The van der Waals surface area contributed by atoms with Crippen LogP contribution in [0.15, 0.2) is 18.5 Å². The van der Waals surface area contributed by atoms with E-state index < -0.39 is 0 Å². The largest absolute Gasteiger partial charge is 0.337 e. The number of hydrogen-bond donors (Lipinski definition) is 0. The van der Waals surface area contributed by atoms with E-state index in [0.29, 0.717) is 0 Å². The number of halogens is 1. The highest BCUT2D eigenvalue weighted by atomic mass is 35.5. The Morgan fingerprint density at radius 1 is 1.47 bits per heavy atom. The highest BCUT2D eigenvalue weighted by Crippen LogP contribution is 2.25. The normalized spacial score (nSPS) is 16.1. The Bertz CT molecular complexity index is 532. The molecule has 17 heavy (non-hydrogen) atoms. The van der Waals surface area contributed by atoms with Crippen LogP contribution >= 0.6 is 22.9 Å². The first-order valence-electron chi connectivity index (χ1n) is 5.68. The summed E-state index contributed by atoms with van der Waals surface area (Å²) in [6, 6.07) is 4.08. The fraction of sp³-hybridized carbons (Fsp3) is 0.417. The van der Waals surface area contributed by atoms with Gasteiger partial charge in [0, 0.05) is 43.7 Å². The first-order valence-corrected chi connectivity index (χ1v) is 6.87. The number of aromatic nitrogens is 2. The lowest BCUT2D eigenvalue weighted by Gasteiger charge is -2.26. The van der Waals surface area contributed by atoms with Crippen LogP contribution in [0.5, 0.6) is 0 Å². The van der Waals surface area contributed by atoms with E-state index in [0.717, 1.165) is 30.4 Å². The number of imidazole rings is 1. The van der Waals surface area contributed by atoms with Crippen molar-refractivity contribution in [2.24, 2.45) is 7.05 Å². The topological polar surface area (TPSA) is 21.1 Å². The van der Waals surface area contributed by atoms with Crippen LogP contribution in [0.25, 0.3) is 0 Å². The SMILES string of the molecule is Cn1cnc2c1CCN(Cc1ccc(Cl)s1)C2. The Hall–Kier alpha value is -0.840. The average Bonchev–Trinajstić information content (AvgIpc) is 2.87. The van der Waals surface area contributed by atoms with Gasteiger partial charge in [0.15, 0.2) is 0 Å². The molecular weight excluding hydrogens is 254 g/mol. The van der Waals surface area contributed by atoms with Crippen molar-refractivity contribution in [3.63, 3.8) is 0 Å². The molecular formula is C12H14ClN3S. The molecule has 90 valence electrons. The zero-order valence-electron chi connectivity index (χ0n) is 9.69. The highest BCUT2D eigenvalue weighted by molar-refractivity contribution is 7.16. The van der Waals surface area contributed by atoms with Gasteiger partial charge < -0.3 is 4.57 Å². The van der Waals surface area contributed by atoms with Crippen molar-refractivity contribution in [2.45, 2.75) is 19.5 Å². The third kappa shape index (κ3) is 2.25. The molecule has 0 bridgehead atoms. The molecule has 2 aromatic rings. The molecule has 0 unspecified atom stereocenters. The summed E-state index contributed by atoms with van der Waals surface area (Å²) in [6.07, 6.45) is 3.00. The summed E-state index contributed by atoms with van der Waals surface area (Å²) in [5.74, 6) is 0. The van der Waals surface area contributed by atoms with Crippen molar-refractivity contribution >= 4 is 22.9 Å². The molecule has 0 N–H and O–H groups in total. The number of fused-ring (bicyclic) bond motifs is 1. The molecule has 3 nitrogen and oxygen atoms in total. The molecule has 0 aromatic carbocycles.